The van der Waals surface area contributed by atoms with Gasteiger partial charge in [-0.3, -0.25) is 4.79 Å². The minimum atomic E-state index is -1.99. The molecule has 17 atom stereocenters. The number of unbranched alkanes of at least 4 members (excludes halogenated alkanes) is 18. The number of aliphatic hydroxyl groups is 11. The van der Waals surface area contributed by atoms with Gasteiger partial charge >= 0.3 is 0 Å². The lowest BCUT2D eigenvalue weighted by atomic mass is 9.96. The van der Waals surface area contributed by atoms with Crippen LogP contribution < -0.4 is 5.32 Å². The average Bonchev–Trinajstić information content (AvgIpc) is 0.866. The van der Waals surface area contributed by atoms with Crippen molar-refractivity contribution in [1.29, 1.82) is 0 Å². The summed E-state index contributed by atoms with van der Waals surface area (Å²) in [5.74, 6) is -0.309. The molecule has 516 valence electrons. The number of rotatable bonds is 50. The molecule has 19 nitrogen and oxygen atoms in total. The average molecular weight is 1270 g/mol. The predicted molar refractivity (Wildman–Crippen MR) is 350 cm³/mol. The molecule has 0 bridgehead atoms. The van der Waals surface area contributed by atoms with Crippen molar-refractivity contribution in [3.63, 3.8) is 0 Å². The molecular weight excluding hydrogens is 1150 g/mol. The smallest absolute Gasteiger partial charge is 0.220 e. The lowest BCUT2D eigenvalue weighted by molar-refractivity contribution is -0.379. The van der Waals surface area contributed by atoms with E-state index in [1.807, 2.05) is 6.08 Å². The van der Waals surface area contributed by atoms with Gasteiger partial charge in [0.05, 0.1) is 38.6 Å². The van der Waals surface area contributed by atoms with Crippen LogP contribution >= 0.6 is 0 Å². The lowest BCUT2D eigenvalue weighted by Crippen LogP contribution is -2.66. The number of hydrogen-bond acceptors (Lipinski definition) is 18. The molecule has 0 radical (unpaired) electrons. The third kappa shape index (κ3) is 33.5. The Hall–Kier alpha value is -3.55. The first-order valence-corrected chi connectivity index (χ1v) is 34.1. The van der Waals surface area contributed by atoms with Gasteiger partial charge in [-0.1, -0.05) is 213 Å². The van der Waals surface area contributed by atoms with Crippen LogP contribution in [0.15, 0.2) is 109 Å². The minimum absolute atomic E-state index is 0.206. The zero-order valence-corrected chi connectivity index (χ0v) is 54.3. The van der Waals surface area contributed by atoms with Crippen molar-refractivity contribution in [1.82, 2.24) is 5.32 Å². The molecule has 3 fully saturated rings. The Bertz CT molecular complexity index is 2060. The summed E-state index contributed by atoms with van der Waals surface area (Å²) in [7, 11) is 0. The van der Waals surface area contributed by atoms with E-state index in [9.17, 15) is 61.0 Å². The normalized spacial score (nSPS) is 28.7. The molecule has 0 spiro atoms. The van der Waals surface area contributed by atoms with Crippen molar-refractivity contribution in [2.45, 2.75) is 304 Å². The standard InChI is InChI=1S/C71H119NO18/c1-3-5-7-9-11-13-15-17-19-21-23-24-25-26-27-28-29-30-31-33-35-37-39-41-43-45-47-49-59(77)72-54(55(76)48-46-44-42-40-38-36-34-32-22-20-18-16-14-12-10-8-6-4-2)53-85-69-65(83)62(80)67(57(51-74)87-69)90-71-66(84)63(81)68(58(52-75)88-71)89-70-64(82)61(79)60(78)56(50-73)86-70/h5,7,11,13,17,19,23-24,26-27,29-30,33,35,38,40,46,48,54-58,60-71,73-76,78-84H,3-4,6,8-10,12,14-16,18,20-22,25,28,31-32,34,36-37,39,41-45,47,49-53H2,1-2H3,(H,72,77)/b7-5-,13-11-,19-17-,24-23-,27-26-,30-29-,35-33-,40-38+,48-46+. The van der Waals surface area contributed by atoms with Gasteiger partial charge in [-0.25, -0.2) is 0 Å². The molecule has 0 aromatic carbocycles. The van der Waals surface area contributed by atoms with Gasteiger partial charge in [0.2, 0.25) is 5.91 Å². The number of carbonyl (C=O) groups excluding carboxylic acids is 1. The molecule has 3 aliphatic heterocycles. The van der Waals surface area contributed by atoms with E-state index in [2.05, 4.69) is 116 Å². The summed E-state index contributed by atoms with van der Waals surface area (Å²) in [6, 6.07) is -1.01. The van der Waals surface area contributed by atoms with Gasteiger partial charge in [0.25, 0.3) is 0 Å². The molecule has 3 aliphatic rings. The Morgan fingerprint density at radius 3 is 1.24 bits per heavy atom. The number of ether oxygens (including phenoxy) is 6. The number of amides is 1. The summed E-state index contributed by atoms with van der Waals surface area (Å²) < 4.78 is 34.3. The Kier molecular flexibility index (Phi) is 46.5. The van der Waals surface area contributed by atoms with Gasteiger partial charge in [0, 0.05) is 6.42 Å². The van der Waals surface area contributed by atoms with Crippen molar-refractivity contribution in [2.75, 3.05) is 26.4 Å². The number of hydrogen-bond donors (Lipinski definition) is 12. The van der Waals surface area contributed by atoms with Crippen molar-refractivity contribution in [2.24, 2.45) is 0 Å². The summed E-state index contributed by atoms with van der Waals surface area (Å²) in [4.78, 5) is 13.4. The molecule has 0 aromatic rings. The molecule has 3 heterocycles. The zero-order valence-electron chi connectivity index (χ0n) is 54.3. The van der Waals surface area contributed by atoms with Crippen LogP contribution in [-0.4, -0.2) is 193 Å². The summed E-state index contributed by atoms with van der Waals surface area (Å²) in [5, 5.41) is 120. The number of carbonyl (C=O) groups is 1. The van der Waals surface area contributed by atoms with Crippen molar-refractivity contribution >= 4 is 5.91 Å². The second kappa shape index (κ2) is 51.8. The van der Waals surface area contributed by atoms with Gasteiger partial charge in [-0.05, 0) is 89.9 Å². The van der Waals surface area contributed by atoms with E-state index in [4.69, 9.17) is 28.4 Å². The first-order valence-electron chi connectivity index (χ1n) is 34.1. The molecule has 1 amide bonds. The lowest BCUT2D eigenvalue weighted by Gasteiger charge is -2.48. The van der Waals surface area contributed by atoms with Crippen LogP contribution in [0.25, 0.3) is 0 Å². The van der Waals surface area contributed by atoms with E-state index in [0.29, 0.717) is 12.8 Å². The molecule has 0 aliphatic carbocycles. The highest BCUT2D eigenvalue weighted by Gasteiger charge is 2.53. The fourth-order valence-electron chi connectivity index (χ4n) is 10.8. The number of allylic oxidation sites excluding steroid dienone is 17. The summed E-state index contributed by atoms with van der Waals surface area (Å²) >= 11 is 0. The van der Waals surface area contributed by atoms with Gasteiger partial charge in [-0.15, -0.1) is 0 Å². The van der Waals surface area contributed by atoms with Crippen molar-refractivity contribution in [3.8, 4) is 0 Å². The molecule has 19 heteroatoms. The first-order chi connectivity index (χ1) is 43.8. The minimum Gasteiger partial charge on any atom is -0.394 e. The Labute approximate surface area is 538 Å². The molecule has 3 rings (SSSR count). The van der Waals surface area contributed by atoms with Crippen LogP contribution in [-0.2, 0) is 33.2 Å². The van der Waals surface area contributed by atoms with Gasteiger partial charge < -0.3 is 89.9 Å². The third-order valence-corrected chi connectivity index (χ3v) is 16.3. The van der Waals surface area contributed by atoms with E-state index in [1.165, 1.54) is 70.6 Å². The van der Waals surface area contributed by atoms with Crippen molar-refractivity contribution < 1.29 is 89.4 Å². The van der Waals surface area contributed by atoms with Crippen LogP contribution in [0.3, 0.4) is 0 Å². The quantitative estimate of drug-likeness (QED) is 0.0200. The fourth-order valence-corrected chi connectivity index (χ4v) is 10.8. The summed E-state index contributed by atoms with van der Waals surface area (Å²) in [6.45, 7) is 1.57. The van der Waals surface area contributed by atoms with E-state index in [0.717, 1.165) is 96.3 Å². The second-order valence-electron chi connectivity index (χ2n) is 23.9. The summed E-state index contributed by atoms with van der Waals surface area (Å²) in [5.41, 5.74) is 0. The molecule has 3 saturated heterocycles. The monoisotopic (exact) mass is 1270 g/mol. The van der Waals surface area contributed by atoms with Crippen LogP contribution in [0.2, 0.25) is 0 Å². The maximum absolute atomic E-state index is 13.4. The Morgan fingerprint density at radius 2 is 0.778 bits per heavy atom. The fraction of sp³-hybridized carbons (Fsp3) is 0.732. The van der Waals surface area contributed by atoms with Crippen LogP contribution in [0.4, 0.5) is 0 Å². The van der Waals surface area contributed by atoms with Crippen LogP contribution in [0, 0.1) is 0 Å². The number of nitrogens with one attached hydrogen (secondary N) is 1. The van der Waals surface area contributed by atoms with Gasteiger partial charge in [0.15, 0.2) is 18.9 Å². The van der Waals surface area contributed by atoms with Gasteiger partial charge in [0.1, 0.15) is 73.2 Å². The van der Waals surface area contributed by atoms with Gasteiger partial charge in [-0.2, -0.15) is 0 Å². The topological polar surface area (TPSA) is 307 Å². The van der Waals surface area contributed by atoms with Crippen LogP contribution in [0.5, 0.6) is 0 Å². The SMILES string of the molecule is CC/C=C\C/C=C\C/C=C\C/C=C\C/C=C\C/C=C\C/C=C\CCCCCCCC(=O)NC(COC1OC(CO)C(OC2OC(CO)C(OC3OC(CO)C(O)C(O)C3O)C(O)C2O)C(O)C1O)C(O)/C=C/CC/C=C/CCCCCCCCCCCCCC. The van der Waals surface area contributed by atoms with E-state index in [-0.39, 0.29) is 18.9 Å². The Morgan fingerprint density at radius 1 is 0.411 bits per heavy atom. The van der Waals surface area contributed by atoms with Crippen molar-refractivity contribution in [3.05, 3.63) is 109 Å². The largest absolute Gasteiger partial charge is 0.394 e. The second-order valence-corrected chi connectivity index (χ2v) is 23.9. The molecule has 0 aromatic heterocycles. The molecule has 90 heavy (non-hydrogen) atoms. The molecule has 0 saturated carbocycles. The predicted octanol–water partition coefficient (Wildman–Crippen LogP) is 8.66. The summed E-state index contributed by atoms with van der Waals surface area (Å²) in [6.07, 6.45) is 42.0. The molecular formula is C71H119NO18. The molecule has 17 unspecified atom stereocenters. The highest BCUT2D eigenvalue weighted by Crippen LogP contribution is 2.33. The third-order valence-electron chi connectivity index (χ3n) is 16.3. The Balaban J connectivity index is 1.47. The van der Waals surface area contributed by atoms with E-state index < -0.39 is 124 Å². The van der Waals surface area contributed by atoms with E-state index >= 15 is 0 Å². The highest BCUT2D eigenvalue weighted by atomic mass is 16.8. The maximum Gasteiger partial charge on any atom is 0.220 e. The van der Waals surface area contributed by atoms with Crippen LogP contribution in [0.1, 0.15) is 200 Å². The number of aliphatic hydroxyl groups excluding tert-OH is 11. The van der Waals surface area contributed by atoms with E-state index in [1.54, 1.807) is 6.08 Å². The zero-order chi connectivity index (χ0) is 65.4. The first kappa shape index (κ1) is 80.7. The molecule has 12 N–H and O–H groups in total. The highest BCUT2D eigenvalue weighted by molar-refractivity contribution is 5.76. The maximum atomic E-state index is 13.4.